The van der Waals surface area contributed by atoms with Crippen LogP contribution in [0.3, 0.4) is 0 Å². The molecule has 0 aliphatic carbocycles. The fraction of sp³-hybridized carbons (Fsp3) is 0.632. The highest BCUT2D eigenvalue weighted by Crippen LogP contribution is 2.33. The zero-order valence-electron chi connectivity index (χ0n) is 32.5. The molecule has 0 N–H and O–H groups in total. The molecule has 4 fully saturated rings. The normalized spacial score (nSPS) is 24.1. The standard InChI is InChI=1S/2C19H26N4O4/c2*1-12-14(5-6-15-17(12)21-27-20-15)16-10-22-7-8-23(9-13(22)11-25-16)18(24)26-19(2,3)4/h2*5-6,13,16H,7-11H2,1-4H3/t13-,16+;13-,16-/m00/s1. The van der Waals surface area contributed by atoms with E-state index in [1.165, 1.54) is 0 Å². The Morgan fingerprint density at radius 2 is 1.02 bits per heavy atom. The fourth-order valence-corrected chi connectivity index (χ4v) is 7.62. The van der Waals surface area contributed by atoms with Crippen LogP contribution >= 0.6 is 0 Å². The van der Waals surface area contributed by atoms with Crippen LogP contribution in [0.1, 0.15) is 76.0 Å². The first-order valence-electron chi connectivity index (χ1n) is 18.7. The van der Waals surface area contributed by atoms with Gasteiger partial charge in [0.1, 0.15) is 33.3 Å². The zero-order chi connectivity index (χ0) is 38.4. The second-order valence-electron chi connectivity index (χ2n) is 16.6. The van der Waals surface area contributed by atoms with Gasteiger partial charge in [0.05, 0.1) is 37.5 Å². The van der Waals surface area contributed by atoms with Crippen molar-refractivity contribution in [2.75, 3.05) is 65.6 Å². The highest BCUT2D eigenvalue weighted by Gasteiger charge is 2.39. The van der Waals surface area contributed by atoms with E-state index in [4.69, 9.17) is 28.2 Å². The third-order valence-electron chi connectivity index (χ3n) is 10.4. The number of rotatable bonds is 2. The number of benzene rings is 2. The molecule has 4 aliphatic rings. The van der Waals surface area contributed by atoms with Gasteiger partial charge in [0.2, 0.25) is 0 Å². The lowest BCUT2D eigenvalue weighted by atomic mass is 9.99. The number of fused-ring (bicyclic) bond motifs is 4. The molecule has 292 valence electrons. The number of carbonyl (C=O) groups excluding carboxylic acids is 2. The average molecular weight is 749 g/mol. The van der Waals surface area contributed by atoms with Crippen molar-refractivity contribution in [3.05, 3.63) is 46.5 Å². The van der Waals surface area contributed by atoms with Gasteiger partial charge in [0, 0.05) is 52.4 Å². The number of aryl methyl sites for hydroxylation is 2. The van der Waals surface area contributed by atoms with Crippen molar-refractivity contribution in [3.63, 3.8) is 0 Å². The third kappa shape index (κ3) is 8.31. The van der Waals surface area contributed by atoms with Crippen LogP contribution in [0.5, 0.6) is 0 Å². The molecule has 2 aromatic heterocycles. The lowest BCUT2D eigenvalue weighted by Gasteiger charge is -2.46. The molecule has 4 aliphatic heterocycles. The monoisotopic (exact) mass is 748 g/mol. The second-order valence-corrected chi connectivity index (χ2v) is 16.6. The van der Waals surface area contributed by atoms with Gasteiger partial charge < -0.3 is 28.7 Å². The summed E-state index contributed by atoms with van der Waals surface area (Å²) in [6.45, 7) is 22.4. The van der Waals surface area contributed by atoms with Crippen molar-refractivity contribution in [2.24, 2.45) is 0 Å². The van der Waals surface area contributed by atoms with Gasteiger partial charge in [-0.1, -0.05) is 12.1 Å². The van der Waals surface area contributed by atoms with Crippen molar-refractivity contribution in [1.29, 1.82) is 0 Å². The number of piperazine rings is 2. The summed E-state index contributed by atoms with van der Waals surface area (Å²) in [5.41, 5.74) is 6.46. The molecule has 4 aromatic rings. The van der Waals surface area contributed by atoms with Gasteiger partial charge in [-0.3, -0.25) is 9.80 Å². The van der Waals surface area contributed by atoms with E-state index in [9.17, 15) is 9.59 Å². The summed E-state index contributed by atoms with van der Waals surface area (Å²) in [5, 5.41) is 15.8. The largest absolute Gasteiger partial charge is 0.444 e. The van der Waals surface area contributed by atoms with Crippen molar-refractivity contribution in [2.45, 2.75) is 90.9 Å². The first-order valence-corrected chi connectivity index (χ1v) is 18.7. The quantitative estimate of drug-likeness (QED) is 0.268. The fourth-order valence-electron chi connectivity index (χ4n) is 7.62. The maximum absolute atomic E-state index is 12.3. The number of morpholine rings is 2. The number of carbonyl (C=O) groups is 2. The topological polar surface area (TPSA) is 162 Å². The van der Waals surface area contributed by atoms with Gasteiger partial charge in [0.15, 0.2) is 0 Å². The third-order valence-corrected chi connectivity index (χ3v) is 10.4. The van der Waals surface area contributed by atoms with E-state index >= 15 is 0 Å². The van der Waals surface area contributed by atoms with Gasteiger partial charge in [-0.25, -0.2) is 18.8 Å². The number of hydrogen-bond acceptors (Lipinski definition) is 14. The highest BCUT2D eigenvalue weighted by atomic mass is 16.6. The predicted molar refractivity (Wildman–Crippen MR) is 197 cm³/mol. The van der Waals surface area contributed by atoms with Gasteiger partial charge in [0.25, 0.3) is 0 Å². The minimum Gasteiger partial charge on any atom is -0.444 e. The van der Waals surface area contributed by atoms with Crippen LogP contribution in [0.15, 0.2) is 33.5 Å². The Kier molecular flexibility index (Phi) is 10.6. The average Bonchev–Trinajstić information content (AvgIpc) is 3.81. The number of ether oxygens (including phenoxy) is 4. The Balaban J connectivity index is 0.000000167. The minimum absolute atomic E-state index is 0.0181. The number of hydrogen-bond donors (Lipinski definition) is 0. The first kappa shape index (κ1) is 37.9. The number of nitrogens with zero attached hydrogens (tertiary/aromatic N) is 8. The molecule has 2 aromatic carbocycles. The molecule has 4 saturated heterocycles. The van der Waals surface area contributed by atoms with E-state index in [1.807, 2.05) is 79.7 Å². The van der Waals surface area contributed by atoms with E-state index in [2.05, 4.69) is 30.4 Å². The molecule has 4 atom stereocenters. The lowest BCUT2D eigenvalue weighted by Crippen LogP contribution is -2.60. The van der Waals surface area contributed by atoms with E-state index in [-0.39, 0.29) is 36.5 Å². The molecule has 0 bridgehead atoms. The van der Waals surface area contributed by atoms with E-state index in [1.54, 1.807) is 9.80 Å². The Labute approximate surface area is 314 Å². The predicted octanol–water partition coefficient (Wildman–Crippen LogP) is 5.05. The Morgan fingerprint density at radius 1 is 0.611 bits per heavy atom. The van der Waals surface area contributed by atoms with Crippen molar-refractivity contribution in [1.82, 2.24) is 40.2 Å². The van der Waals surface area contributed by atoms with Crippen LogP contribution in [0.25, 0.3) is 22.1 Å². The smallest absolute Gasteiger partial charge is 0.410 e. The summed E-state index contributed by atoms with van der Waals surface area (Å²) in [6, 6.07) is 8.32. The summed E-state index contributed by atoms with van der Waals surface area (Å²) in [4.78, 5) is 33.1. The molecule has 2 amide bonds. The van der Waals surface area contributed by atoms with Crippen LogP contribution in [0.4, 0.5) is 9.59 Å². The van der Waals surface area contributed by atoms with Crippen LogP contribution in [-0.4, -0.2) is 141 Å². The minimum atomic E-state index is -0.478. The molecule has 0 saturated carbocycles. The van der Waals surface area contributed by atoms with Crippen LogP contribution in [0.2, 0.25) is 0 Å². The van der Waals surface area contributed by atoms with Crippen LogP contribution < -0.4 is 0 Å². The molecule has 6 heterocycles. The maximum atomic E-state index is 12.3. The Bertz CT molecular complexity index is 1830. The van der Waals surface area contributed by atoms with Crippen LogP contribution in [-0.2, 0) is 18.9 Å². The van der Waals surface area contributed by atoms with Crippen LogP contribution in [0, 0.1) is 13.8 Å². The maximum Gasteiger partial charge on any atom is 0.410 e. The van der Waals surface area contributed by atoms with Gasteiger partial charge in [-0.15, -0.1) is 0 Å². The molecule has 0 unspecified atom stereocenters. The highest BCUT2D eigenvalue weighted by molar-refractivity contribution is 5.79. The van der Waals surface area contributed by atoms with E-state index in [0.717, 1.165) is 70.5 Å². The van der Waals surface area contributed by atoms with E-state index in [0.29, 0.717) is 39.4 Å². The first-order chi connectivity index (χ1) is 25.6. The van der Waals surface area contributed by atoms with Gasteiger partial charge in [-0.05, 0) is 110 Å². The van der Waals surface area contributed by atoms with E-state index < -0.39 is 11.2 Å². The molecular formula is C38H52N8O8. The molecule has 16 heteroatoms. The Morgan fingerprint density at radius 3 is 1.41 bits per heavy atom. The van der Waals surface area contributed by atoms with Crippen molar-refractivity contribution >= 4 is 34.3 Å². The summed E-state index contributed by atoms with van der Waals surface area (Å²) in [5.74, 6) is 0. The molecular weight excluding hydrogens is 696 g/mol. The molecule has 8 rings (SSSR count). The second kappa shape index (κ2) is 15.0. The van der Waals surface area contributed by atoms with Gasteiger partial charge >= 0.3 is 12.2 Å². The molecule has 0 radical (unpaired) electrons. The summed E-state index contributed by atoms with van der Waals surface area (Å²) < 4.78 is 33.0. The van der Waals surface area contributed by atoms with Crippen molar-refractivity contribution in [3.8, 4) is 0 Å². The number of aromatic nitrogens is 4. The zero-order valence-corrected chi connectivity index (χ0v) is 32.5. The summed E-state index contributed by atoms with van der Waals surface area (Å²) in [7, 11) is 0. The molecule has 0 spiro atoms. The summed E-state index contributed by atoms with van der Waals surface area (Å²) >= 11 is 0. The van der Waals surface area contributed by atoms with Crippen molar-refractivity contribution < 1.29 is 37.8 Å². The van der Waals surface area contributed by atoms with Gasteiger partial charge in [-0.2, -0.15) is 0 Å². The molecule has 54 heavy (non-hydrogen) atoms. The SMILES string of the molecule is Cc1c([C@@H]2CN3CCN(C(=O)OC(C)(C)C)C[C@H]3CO2)ccc2nonc12.Cc1c([C@H]2CN3CCN(C(=O)OC(C)(C)C)C[C@H]3CO2)ccc2nonc12. The molecule has 16 nitrogen and oxygen atoms in total. The Hall–Kier alpha value is -4.38. The lowest BCUT2D eigenvalue weighted by molar-refractivity contribution is -0.0909. The summed E-state index contributed by atoms with van der Waals surface area (Å²) in [6.07, 6.45) is -0.529. The number of amides is 2.